The maximum atomic E-state index is 5.10. The van der Waals surface area contributed by atoms with Crippen LogP contribution < -0.4 is 4.74 Å². The Morgan fingerprint density at radius 2 is 1.85 bits per heavy atom. The largest absolute Gasteiger partial charge is 0.497 e. The van der Waals surface area contributed by atoms with Crippen LogP contribution in [-0.4, -0.2) is 7.11 Å². The number of methoxy groups -OCH3 is 1. The fraction of sp³-hybridized carbons (Fsp3) is 0.500. The highest BCUT2D eigenvalue weighted by Crippen LogP contribution is 2.15. The molecule has 0 amide bonds. The summed E-state index contributed by atoms with van der Waals surface area (Å²) in [6.07, 6.45) is 2.41. The zero-order valence-electron chi connectivity index (χ0n) is 8.71. The average molecular weight is 178 g/mol. The third kappa shape index (κ3) is 3.10. The van der Waals surface area contributed by atoms with Gasteiger partial charge in [0, 0.05) is 0 Å². The summed E-state index contributed by atoms with van der Waals surface area (Å²) in [6, 6.07) is 8.34. The maximum Gasteiger partial charge on any atom is 0.118 e. The van der Waals surface area contributed by atoms with Crippen LogP contribution in [0, 0.1) is 5.92 Å². The first-order valence-electron chi connectivity index (χ1n) is 4.89. The topological polar surface area (TPSA) is 9.23 Å². The van der Waals surface area contributed by atoms with Crippen LogP contribution in [0.2, 0.25) is 0 Å². The van der Waals surface area contributed by atoms with Gasteiger partial charge in [-0.3, -0.25) is 0 Å². The van der Waals surface area contributed by atoms with Gasteiger partial charge in [-0.05, 0) is 30.0 Å². The molecule has 0 radical (unpaired) electrons. The first-order chi connectivity index (χ1) is 6.26. The van der Waals surface area contributed by atoms with Gasteiger partial charge in [-0.25, -0.2) is 0 Å². The highest BCUT2D eigenvalue weighted by Gasteiger charge is 2.00. The Morgan fingerprint density at radius 1 is 1.23 bits per heavy atom. The summed E-state index contributed by atoms with van der Waals surface area (Å²) >= 11 is 0. The number of rotatable bonds is 4. The number of hydrogen-bond acceptors (Lipinski definition) is 1. The Labute approximate surface area is 80.7 Å². The standard InChI is InChI=1S/C12H18O/c1-4-10(2)9-11-5-7-12(13-3)8-6-11/h5-8,10H,4,9H2,1-3H3/t10-/m0/s1. The van der Waals surface area contributed by atoms with Gasteiger partial charge < -0.3 is 4.74 Å². The normalized spacial score (nSPS) is 12.5. The van der Waals surface area contributed by atoms with Gasteiger partial charge in [-0.1, -0.05) is 32.4 Å². The van der Waals surface area contributed by atoms with E-state index in [4.69, 9.17) is 4.74 Å². The van der Waals surface area contributed by atoms with Gasteiger partial charge in [0.05, 0.1) is 7.11 Å². The second-order valence-electron chi connectivity index (χ2n) is 3.57. The van der Waals surface area contributed by atoms with Gasteiger partial charge in [0.2, 0.25) is 0 Å². The molecular weight excluding hydrogens is 160 g/mol. The van der Waals surface area contributed by atoms with E-state index in [0.29, 0.717) is 0 Å². The van der Waals surface area contributed by atoms with Crippen molar-refractivity contribution in [2.45, 2.75) is 26.7 Å². The molecule has 0 fully saturated rings. The highest BCUT2D eigenvalue weighted by molar-refractivity contribution is 5.27. The Kier molecular flexibility index (Phi) is 3.81. The average Bonchev–Trinajstić information content (AvgIpc) is 2.19. The van der Waals surface area contributed by atoms with Crippen LogP contribution in [0.25, 0.3) is 0 Å². The van der Waals surface area contributed by atoms with E-state index in [9.17, 15) is 0 Å². The molecule has 1 nitrogen and oxygen atoms in total. The lowest BCUT2D eigenvalue weighted by Gasteiger charge is -2.08. The monoisotopic (exact) mass is 178 g/mol. The summed E-state index contributed by atoms with van der Waals surface area (Å²) in [6.45, 7) is 4.51. The van der Waals surface area contributed by atoms with Crippen molar-refractivity contribution in [1.82, 2.24) is 0 Å². The van der Waals surface area contributed by atoms with Crippen molar-refractivity contribution in [3.05, 3.63) is 29.8 Å². The Morgan fingerprint density at radius 3 is 2.31 bits per heavy atom. The van der Waals surface area contributed by atoms with Crippen LogP contribution in [0.4, 0.5) is 0 Å². The molecule has 1 rings (SSSR count). The molecule has 0 spiro atoms. The quantitative estimate of drug-likeness (QED) is 0.687. The number of benzene rings is 1. The predicted molar refractivity (Wildman–Crippen MR) is 56.2 cm³/mol. The number of hydrogen-bond donors (Lipinski definition) is 0. The number of ether oxygens (including phenoxy) is 1. The van der Waals surface area contributed by atoms with Crippen molar-refractivity contribution < 1.29 is 4.74 Å². The molecule has 0 aliphatic carbocycles. The molecule has 0 bridgehead atoms. The van der Waals surface area contributed by atoms with E-state index in [-0.39, 0.29) is 0 Å². The minimum absolute atomic E-state index is 0.772. The predicted octanol–water partition coefficient (Wildman–Crippen LogP) is 3.28. The molecule has 1 heteroatoms. The molecule has 1 atom stereocenters. The SMILES string of the molecule is CC[C@H](C)Cc1ccc(OC)cc1. The minimum Gasteiger partial charge on any atom is -0.497 e. The first-order valence-corrected chi connectivity index (χ1v) is 4.89. The molecule has 0 heterocycles. The van der Waals surface area contributed by atoms with Gasteiger partial charge in [-0.15, -0.1) is 0 Å². The van der Waals surface area contributed by atoms with Crippen LogP contribution in [0.15, 0.2) is 24.3 Å². The van der Waals surface area contributed by atoms with Gasteiger partial charge in [0.25, 0.3) is 0 Å². The van der Waals surface area contributed by atoms with Crippen molar-refractivity contribution in [2.24, 2.45) is 5.92 Å². The van der Waals surface area contributed by atoms with Gasteiger partial charge in [0.1, 0.15) is 5.75 Å². The summed E-state index contributed by atoms with van der Waals surface area (Å²) in [7, 11) is 1.70. The van der Waals surface area contributed by atoms with Gasteiger partial charge in [-0.2, -0.15) is 0 Å². The van der Waals surface area contributed by atoms with E-state index >= 15 is 0 Å². The molecule has 13 heavy (non-hydrogen) atoms. The van der Waals surface area contributed by atoms with E-state index in [1.165, 1.54) is 18.4 Å². The first kappa shape index (κ1) is 10.1. The summed E-state index contributed by atoms with van der Waals surface area (Å²) in [5, 5.41) is 0. The maximum absolute atomic E-state index is 5.10. The lowest BCUT2D eigenvalue weighted by atomic mass is 9.99. The fourth-order valence-corrected chi connectivity index (χ4v) is 1.31. The van der Waals surface area contributed by atoms with Crippen molar-refractivity contribution >= 4 is 0 Å². The van der Waals surface area contributed by atoms with Crippen molar-refractivity contribution in [3.8, 4) is 5.75 Å². The lowest BCUT2D eigenvalue weighted by Crippen LogP contribution is -1.97. The van der Waals surface area contributed by atoms with Crippen molar-refractivity contribution in [1.29, 1.82) is 0 Å². The van der Waals surface area contributed by atoms with E-state index in [0.717, 1.165) is 11.7 Å². The van der Waals surface area contributed by atoms with Gasteiger partial charge >= 0.3 is 0 Å². The van der Waals surface area contributed by atoms with Crippen LogP contribution in [0.5, 0.6) is 5.75 Å². The molecular formula is C12H18O. The lowest BCUT2D eigenvalue weighted by molar-refractivity contribution is 0.414. The highest BCUT2D eigenvalue weighted by atomic mass is 16.5. The third-order valence-electron chi connectivity index (χ3n) is 2.44. The molecule has 1 aromatic rings. The molecule has 0 N–H and O–H groups in total. The van der Waals surface area contributed by atoms with Crippen LogP contribution in [0.3, 0.4) is 0 Å². The molecule has 72 valence electrons. The van der Waals surface area contributed by atoms with Crippen molar-refractivity contribution in [3.63, 3.8) is 0 Å². The summed E-state index contributed by atoms with van der Waals surface area (Å²) in [5.41, 5.74) is 1.40. The Balaban J connectivity index is 2.58. The van der Waals surface area contributed by atoms with Crippen molar-refractivity contribution in [2.75, 3.05) is 7.11 Å². The summed E-state index contributed by atoms with van der Waals surface area (Å²) < 4.78 is 5.10. The Hall–Kier alpha value is -0.980. The zero-order valence-corrected chi connectivity index (χ0v) is 8.71. The Bertz CT molecular complexity index is 238. The third-order valence-corrected chi connectivity index (χ3v) is 2.44. The zero-order chi connectivity index (χ0) is 9.68. The van der Waals surface area contributed by atoms with E-state index in [1.54, 1.807) is 7.11 Å². The van der Waals surface area contributed by atoms with Crippen LogP contribution in [-0.2, 0) is 6.42 Å². The molecule has 0 aliphatic heterocycles. The van der Waals surface area contributed by atoms with Gasteiger partial charge in [0.15, 0.2) is 0 Å². The molecule has 0 unspecified atom stereocenters. The van der Waals surface area contributed by atoms with E-state index in [1.807, 2.05) is 12.1 Å². The molecule has 1 aromatic carbocycles. The molecule has 0 aliphatic rings. The summed E-state index contributed by atoms with van der Waals surface area (Å²) in [5.74, 6) is 1.71. The van der Waals surface area contributed by atoms with E-state index in [2.05, 4.69) is 26.0 Å². The smallest absolute Gasteiger partial charge is 0.118 e. The minimum atomic E-state index is 0.772. The second-order valence-corrected chi connectivity index (χ2v) is 3.57. The van der Waals surface area contributed by atoms with Crippen LogP contribution >= 0.6 is 0 Å². The van der Waals surface area contributed by atoms with Crippen LogP contribution in [0.1, 0.15) is 25.8 Å². The summed E-state index contributed by atoms with van der Waals surface area (Å²) in [4.78, 5) is 0. The molecule has 0 aromatic heterocycles. The molecule has 0 saturated carbocycles. The second kappa shape index (κ2) is 4.90. The molecule has 0 saturated heterocycles. The fourth-order valence-electron chi connectivity index (χ4n) is 1.31. The van der Waals surface area contributed by atoms with E-state index < -0.39 is 0 Å².